The largest absolute Gasteiger partial charge is 0.354 e. The number of carbonyl (C=O) groups excluding carboxylic acids is 2. The molecular formula is C17H25BrN4O2. The minimum absolute atomic E-state index is 0.0646. The lowest BCUT2D eigenvalue weighted by Gasteiger charge is -2.12. The van der Waals surface area contributed by atoms with E-state index < -0.39 is 0 Å². The number of benzene rings is 1. The van der Waals surface area contributed by atoms with Gasteiger partial charge in [-0.3, -0.25) is 15.0 Å². The first-order chi connectivity index (χ1) is 11.4. The molecule has 1 fully saturated rings. The number of rotatable bonds is 7. The number of hydrazine groups is 1. The zero-order chi connectivity index (χ0) is 17.5. The Balaban J connectivity index is 1.65. The predicted molar refractivity (Wildman–Crippen MR) is 98.3 cm³/mol. The summed E-state index contributed by atoms with van der Waals surface area (Å²) < 4.78 is 0.959. The number of halogens is 1. The number of hydrogen-bond acceptors (Lipinski definition) is 4. The molecule has 132 valence electrons. The normalized spacial score (nSPS) is 20.2. The van der Waals surface area contributed by atoms with Crippen LogP contribution in [0.25, 0.3) is 0 Å². The summed E-state index contributed by atoms with van der Waals surface area (Å²) in [4.78, 5) is 24.0. The molecule has 1 heterocycles. The zero-order valence-electron chi connectivity index (χ0n) is 14.1. The Morgan fingerprint density at radius 3 is 2.62 bits per heavy atom. The average molecular weight is 397 g/mol. The molecule has 0 spiro atoms. The van der Waals surface area contributed by atoms with Gasteiger partial charge in [0.25, 0.3) is 0 Å². The number of nitrogens with one attached hydrogen (secondary N) is 4. The minimum Gasteiger partial charge on any atom is -0.354 e. The van der Waals surface area contributed by atoms with E-state index in [4.69, 9.17) is 0 Å². The Hall–Kier alpha value is -1.44. The van der Waals surface area contributed by atoms with Gasteiger partial charge < -0.3 is 10.6 Å². The molecule has 2 unspecified atom stereocenters. The van der Waals surface area contributed by atoms with Gasteiger partial charge in [-0.2, -0.15) is 0 Å². The summed E-state index contributed by atoms with van der Waals surface area (Å²) >= 11 is 3.35. The molecule has 0 radical (unpaired) electrons. The van der Waals surface area contributed by atoms with Crippen LogP contribution in [0.15, 0.2) is 28.7 Å². The van der Waals surface area contributed by atoms with Gasteiger partial charge >= 0.3 is 0 Å². The smallest absolute Gasteiger partial charge is 0.238 e. The number of amides is 2. The fourth-order valence-electron chi connectivity index (χ4n) is 2.70. The second-order valence-electron chi connectivity index (χ2n) is 6.50. The van der Waals surface area contributed by atoms with E-state index in [1.54, 1.807) is 0 Å². The van der Waals surface area contributed by atoms with Crippen molar-refractivity contribution in [3.8, 4) is 0 Å². The molecule has 1 aromatic rings. The van der Waals surface area contributed by atoms with Gasteiger partial charge in [0.1, 0.15) is 6.04 Å². The van der Waals surface area contributed by atoms with E-state index in [1.165, 1.54) is 0 Å². The molecule has 0 bridgehead atoms. The molecule has 1 aliphatic rings. The molecule has 0 aliphatic carbocycles. The van der Waals surface area contributed by atoms with E-state index in [0.717, 1.165) is 23.0 Å². The van der Waals surface area contributed by atoms with Crippen LogP contribution in [0.2, 0.25) is 0 Å². The summed E-state index contributed by atoms with van der Waals surface area (Å²) in [5.74, 6) is 0.409. The summed E-state index contributed by atoms with van der Waals surface area (Å²) in [5, 5.41) is 5.62. The standard InChI is InChI=1S/C17H25BrN4O2/c1-11(2)9-14-10-15(22-21-14)17(24)19-8-7-16(23)20-13-5-3-12(18)4-6-13/h3-6,11,14-15,21-22H,7-10H2,1-2H3,(H,19,24)(H,20,23). The number of anilines is 1. The van der Waals surface area contributed by atoms with Crippen molar-refractivity contribution in [2.24, 2.45) is 5.92 Å². The maximum absolute atomic E-state index is 12.1. The summed E-state index contributed by atoms with van der Waals surface area (Å²) in [6.07, 6.45) is 2.05. The highest BCUT2D eigenvalue weighted by molar-refractivity contribution is 9.10. The Bertz CT molecular complexity index is 562. The van der Waals surface area contributed by atoms with Crippen LogP contribution in [0, 0.1) is 5.92 Å². The highest BCUT2D eigenvalue weighted by Gasteiger charge is 2.29. The van der Waals surface area contributed by atoms with Crippen molar-refractivity contribution < 1.29 is 9.59 Å². The van der Waals surface area contributed by atoms with Gasteiger partial charge in [-0.15, -0.1) is 0 Å². The quantitative estimate of drug-likeness (QED) is 0.569. The third-order valence-electron chi connectivity index (χ3n) is 3.83. The molecule has 6 nitrogen and oxygen atoms in total. The Kier molecular flexibility index (Phi) is 7.20. The van der Waals surface area contributed by atoms with Crippen LogP contribution in [-0.4, -0.2) is 30.4 Å². The SMILES string of the molecule is CC(C)CC1CC(C(=O)NCCC(=O)Nc2ccc(Br)cc2)NN1. The highest BCUT2D eigenvalue weighted by Crippen LogP contribution is 2.15. The summed E-state index contributed by atoms with van der Waals surface area (Å²) in [6.45, 7) is 4.66. The molecule has 2 amide bonds. The first-order valence-electron chi connectivity index (χ1n) is 8.28. The fourth-order valence-corrected chi connectivity index (χ4v) is 2.96. The van der Waals surface area contributed by atoms with Crippen LogP contribution in [0.3, 0.4) is 0 Å². The molecule has 0 saturated carbocycles. The van der Waals surface area contributed by atoms with Crippen LogP contribution < -0.4 is 21.5 Å². The lowest BCUT2D eigenvalue weighted by molar-refractivity contribution is -0.123. The van der Waals surface area contributed by atoms with Crippen molar-refractivity contribution in [1.29, 1.82) is 0 Å². The van der Waals surface area contributed by atoms with Crippen LogP contribution >= 0.6 is 15.9 Å². The second-order valence-corrected chi connectivity index (χ2v) is 7.42. The molecule has 1 saturated heterocycles. The van der Waals surface area contributed by atoms with Gasteiger partial charge in [0.05, 0.1) is 0 Å². The lowest BCUT2D eigenvalue weighted by Crippen LogP contribution is -2.44. The third kappa shape index (κ3) is 6.22. The van der Waals surface area contributed by atoms with E-state index in [0.29, 0.717) is 18.5 Å². The van der Waals surface area contributed by atoms with Gasteiger partial charge in [-0.05, 0) is 43.0 Å². The number of hydrogen-bond donors (Lipinski definition) is 4. The van der Waals surface area contributed by atoms with E-state index in [-0.39, 0.29) is 24.3 Å². The van der Waals surface area contributed by atoms with Gasteiger partial charge in [0, 0.05) is 29.2 Å². The van der Waals surface area contributed by atoms with E-state index >= 15 is 0 Å². The Labute approximate surface area is 151 Å². The second kappa shape index (κ2) is 9.15. The van der Waals surface area contributed by atoms with Crippen LogP contribution in [0.4, 0.5) is 5.69 Å². The molecule has 0 aromatic heterocycles. The van der Waals surface area contributed by atoms with Gasteiger partial charge in [0.2, 0.25) is 11.8 Å². The monoisotopic (exact) mass is 396 g/mol. The van der Waals surface area contributed by atoms with Crippen molar-refractivity contribution in [1.82, 2.24) is 16.2 Å². The van der Waals surface area contributed by atoms with Crippen LogP contribution in [0.5, 0.6) is 0 Å². The molecule has 1 aliphatic heterocycles. The topological polar surface area (TPSA) is 82.3 Å². The molecule has 4 N–H and O–H groups in total. The fraction of sp³-hybridized carbons (Fsp3) is 0.529. The molecular weight excluding hydrogens is 372 g/mol. The number of carbonyl (C=O) groups is 2. The van der Waals surface area contributed by atoms with Crippen molar-refractivity contribution in [2.75, 3.05) is 11.9 Å². The van der Waals surface area contributed by atoms with Gasteiger partial charge in [-0.1, -0.05) is 29.8 Å². The van der Waals surface area contributed by atoms with Crippen LogP contribution in [-0.2, 0) is 9.59 Å². The molecule has 7 heteroatoms. The first kappa shape index (κ1) is 18.9. The predicted octanol–water partition coefficient (Wildman–Crippen LogP) is 2.18. The highest BCUT2D eigenvalue weighted by atomic mass is 79.9. The van der Waals surface area contributed by atoms with Crippen molar-refractivity contribution in [3.05, 3.63) is 28.7 Å². The van der Waals surface area contributed by atoms with Gasteiger partial charge in [0.15, 0.2) is 0 Å². The Morgan fingerprint density at radius 1 is 1.25 bits per heavy atom. The minimum atomic E-state index is -0.233. The average Bonchev–Trinajstić information content (AvgIpc) is 2.97. The maximum atomic E-state index is 12.1. The molecule has 1 aromatic carbocycles. The van der Waals surface area contributed by atoms with Crippen LogP contribution in [0.1, 0.15) is 33.1 Å². The third-order valence-corrected chi connectivity index (χ3v) is 4.36. The molecule has 2 atom stereocenters. The van der Waals surface area contributed by atoms with Crippen molar-refractivity contribution in [2.45, 2.75) is 45.2 Å². The maximum Gasteiger partial charge on any atom is 0.238 e. The zero-order valence-corrected chi connectivity index (χ0v) is 15.7. The van der Waals surface area contributed by atoms with E-state index in [9.17, 15) is 9.59 Å². The van der Waals surface area contributed by atoms with Gasteiger partial charge in [-0.25, -0.2) is 5.43 Å². The molecule has 24 heavy (non-hydrogen) atoms. The Morgan fingerprint density at radius 2 is 1.96 bits per heavy atom. The summed E-state index contributed by atoms with van der Waals surface area (Å²) in [7, 11) is 0. The lowest BCUT2D eigenvalue weighted by atomic mass is 10.00. The van der Waals surface area contributed by atoms with Crippen molar-refractivity contribution >= 4 is 33.4 Å². The molecule has 2 rings (SSSR count). The first-order valence-corrected chi connectivity index (χ1v) is 9.07. The summed E-state index contributed by atoms with van der Waals surface area (Å²) in [6, 6.07) is 7.46. The van der Waals surface area contributed by atoms with E-state index in [1.807, 2.05) is 24.3 Å². The van der Waals surface area contributed by atoms with E-state index in [2.05, 4.69) is 51.3 Å². The van der Waals surface area contributed by atoms with Crippen molar-refractivity contribution in [3.63, 3.8) is 0 Å². The summed E-state index contributed by atoms with van der Waals surface area (Å²) in [5.41, 5.74) is 6.93.